The monoisotopic (exact) mass is 375 g/mol. The maximum absolute atomic E-state index is 5.40. The van der Waals surface area contributed by atoms with E-state index in [1.807, 2.05) is 0 Å². The number of aliphatic imine (C=N–C) groups is 1. The van der Waals surface area contributed by atoms with Crippen molar-refractivity contribution in [2.75, 3.05) is 23.9 Å². The minimum absolute atomic E-state index is 0.299. The number of nitrogens with zero attached hydrogens (tertiary/aromatic N) is 3. The molecule has 1 unspecified atom stereocenters. The van der Waals surface area contributed by atoms with Gasteiger partial charge in [0, 0.05) is 31.0 Å². The average Bonchev–Trinajstić information content (AvgIpc) is 2.75. The second-order valence-corrected chi connectivity index (χ2v) is 7.60. The van der Waals surface area contributed by atoms with E-state index in [4.69, 9.17) is 4.99 Å². The van der Waals surface area contributed by atoms with Crippen LogP contribution in [0.5, 0.6) is 0 Å². The number of allylic oxidation sites excluding steroid dienone is 1. The first-order valence-corrected chi connectivity index (χ1v) is 10.5. The number of anilines is 2. The summed E-state index contributed by atoms with van der Waals surface area (Å²) in [7, 11) is 4.23. The first-order valence-electron chi connectivity index (χ1n) is 10.5. The standard InChI is InChI=1S/C25H33N3/c1-5-7-14-20-25(19-8-6-2)22-17-12-13-18-23(22)28(4)24(26-25)27(3)21-15-10-9-11-16-21/h9-18,20H,5-8,19H2,1-4H3/b20-14+. The van der Waals surface area contributed by atoms with Crippen LogP contribution in [0.25, 0.3) is 0 Å². The summed E-state index contributed by atoms with van der Waals surface area (Å²) >= 11 is 0. The fourth-order valence-corrected chi connectivity index (χ4v) is 3.91. The predicted molar refractivity (Wildman–Crippen MR) is 122 cm³/mol. The number of fused-ring (bicyclic) bond motifs is 1. The van der Waals surface area contributed by atoms with Gasteiger partial charge < -0.3 is 9.80 Å². The molecule has 148 valence electrons. The highest BCUT2D eigenvalue weighted by Gasteiger charge is 2.37. The molecule has 0 aliphatic carbocycles. The summed E-state index contributed by atoms with van der Waals surface area (Å²) in [4.78, 5) is 9.82. The molecular weight excluding hydrogens is 342 g/mol. The Bertz CT molecular complexity index is 825. The van der Waals surface area contributed by atoms with Gasteiger partial charge in [0.25, 0.3) is 0 Å². The number of rotatable bonds is 7. The molecule has 2 aromatic rings. The summed E-state index contributed by atoms with van der Waals surface area (Å²) in [5, 5.41) is 0. The summed E-state index contributed by atoms with van der Waals surface area (Å²) in [6.07, 6.45) is 10.3. The number of para-hydroxylation sites is 2. The molecule has 0 aromatic heterocycles. The van der Waals surface area contributed by atoms with Crippen LogP contribution < -0.4 is 9.80 Å². The lowest BCUT2D eigenvalue weighted by Gasteiger charge is -2.41. The number of unbranched alkanes of at least 4 members (excludes halogenated alkanes) is 2. The second-order valence-electron chi connectivity index (χ2n) is 7.60. The molecule has 0 N–H and O–H groups in total. The molecular formula is C25H33N3. The predicted octanol–water partition coefficient (Wildman–Crippen LogP) is 6.37. The van der Waals surface area contributed by atoms with Crippen LogP contribution in [0.1, 0.15) is 51.5 Å². The van der Waals surface area contributed by atoms with Gasteiger partial charge in [-0.2, -0.15) is 0 Å². The maximum atomic E-state index is 5.40. The molecule has 3 rings (SSSR count). The van der Waals surface area contributed by atoms with Crippen LogP contribution in [0.4, 0.5) is 11.4 Å². The Kier molecular flexibility index (Phi) is 6.56. The van der Waals surface area contributed by atoms with Crippen LogP contribution >= 0.6 is 0 Å². The van der Waals surface area contributed by atoms with Gasteiger partial charge in [0.1, 0.15) is 5.54 Å². The Morgan fingerprint density at radius 2 is 1.71 bits per heavy atom. The molecule has 1 aliphatic heterocycles. The molecule has 28 heavy (non-hydrogen) atoms. The maximum Gasteiger partial charge on any atom is 0.206 e. The molecule has 3 heteroatoms. The number of benzene rings is 2. The summed E-state index contributed by atoms with van der Waals surface area (Å²) in [5.41, 5.74) is 3.40. The quantitative estimate of drug-likeness (QED) is 0.524. The highest BCUT2D eigenvalue weighted by molar-refractivity contribution is 6.08. The highest BCUT2D eigenvalue weighted by atomic mass is 15.4. The molecule has 1 aliphatic rings. The third kappa shape index (κ3) is 3.99. The molecule has 0 spiro atoms. The summed E-state index contributed by atoms with van der Waals surface area (Å²) < 4.78 is 0. The fraction of sp³-hybridized carbons (Fsp3) is 0.400. The van der Waals surface area contributed by atoms with E-state index in [1.54, 1.807) is 0 Å². The zero-order chi connectivity index (χ0) is 20.0. The van der Waals surface area contributed by atoms with E-state index in [9.17, 15) is 0 Å². The Hall–Kier alpha value is -2.55. The lowest BCUT2D eigenvalue weighted by molar-refractivity contribution is 0.481. The van der Waals surface area contributed by atoms with Gasteiger partial charge in [0.2, 0.25) is 5.96 Å². The largest absolute Gasteiger partial charge is 0.315 e. The molecule has 1 heterocycles. The van der Waals surface area contributed by atoms with Crippen molar-refractivity contribution < 1.29 is 0 Å². The Morgan fingerprint density at radius 3 is 2.43 bits per heavy atom. The average molecular weight is 376 g/mol. The first kappa shape index (κ1) is 20.2. The topological polar surface area (TPSA) is 18.8 Å². The molecule has 0 saturated heterocycles. The van der Waals surface area contributed by atoms with E-state index >= 15 is 0 Å². The minimum Gasteiger partial charge on any atom is -0.315 e. The van der Waals surface area contributed by atoms with Crippen molar-refractivity contribution in [1.82, 2.24) is 0 Å². The van der Waals surface area contributed by atoms with Gasteiger partial charge in [0.05, 0.1) is 0 Å². The zero-order valence-electron chi connectivity index (χ0n) is 17.7. The third-order valence-corrected chi connectivity index (χ3v) is 5.54. The Labute approximate surface area is 170 Å². The van der Waals surface area contributed by atoms with Crippen molar-refractivity contribution in [2.45, 2.75) is 51.5 Å². The third-order valence-electron chi connectivity index (χ3n) is 5.54. The van der Waals surface area contributed by atoms with Gasteiger partial charge in [0.15, 0.2) is 0 Å². The van der Waals surface area contributed by atoms with Crippen LogP contribution in [-0.2, 0) is 5.54 Å². The van der Waals surface area contributed by atoms with Crippen LogP contribution in [0.2, 0.25) is 0 Å². The van der Waals surface area contributed by atoms with E-state index in [-0.39, 0.29) is 5.54 Å². The molecule has 0 radical (unpaired) electrons. The van der Waals surface area contributed by atoms with E-state index in [0.717, 1.165) is 37.3 Å². The number of hydrogen-bond donors (Lipinski definition) is 0. The summed E-state index contributed by atoms with van der Waals surface area (Å²) in [6.45, 7) is 4.48. The lowest BCUT2D eigenvalue weighted by Crippen LogP contribution is -2.46. The molecule has 0 amide bonds. The first-order chi connectivity index (χ1) is 13.6. The molecule has 0 bridgehead atoms. The van der Waals surface area contributed by atoms with E-state index < -0.39 is 0 Å². The normalized spacial score (nSPS) is 18.9. The number of hydrogen-bond acceptors (Lipinski definition) is 3. The molecule has 1 atom stereocenters. The number of guanidine groups is 1. The van der Waals surface area contributed by atoms with Crippen molar-refractivity contribution in [2.24, 2.45) is 4.99 Å². The minimum atomic E-state index is -0.299. The van der Waals surface area contributed by atoms with E-state index in [0.29, 0.717) is 0 Å². The fourth-order valence-electron chi connectivity index (χ4n) is 3.91. The van der Waals surface area contributed by atoms with Gasteiger partial charge in [-0.3, -0.25) is 0 Å². The van der Waals surface area contributed by atoms with E-state index in [2.05, 4.69) is 104 Å². The summed E-state index contributed by atoms with van der Waals surface area (Å²) in [5.74, 6) is 0.988. The lowest BCUT2D eigenvalue weighted by atomic mass is 9.82. The summed E-state index contributed by atoms with van der Waals surface area (Å²) in [6, 6.07) is 19.2. The van der Waals surface area contributed by atoms with Gasteiger partial charge >= 0.3 is 0 Å². The van der Waals surface area contributed by atoms with Crippen molar-refractivity contribution >= 4 is 17.3 Å². The van der Waals surface area contributed by atoms with Crippen molar-refractivity contribution in [1.29, 1.82) is 0 Å². The Morgan fingerprint density at radius 1 is 1.00 bits per heavy atom. The molecule has 0 saturated carbocycles. The van der Waals surface area contributed by atoms with Crippen molar-refractivity contribution in [3.05, 3.63) is 72.3 Å². The smallest absolute Gasteiger partial charge is 0.206 e. The Balaban J connectivity index is 2.14. The van der Waals surface area contributed by atoms with E-state index in [1.165, 1.54) is 17.7 Å². The van der Waals surface area contributed by atoms with Crippen LogP contribution in [-0.4, -0.2) is 20.1 Å². The van der Waals surface area contributed by atoms with Gasteiger partial charge in [-0.25, -0.2) is 4.99 Å². The van der Waals surface area contributed by atoms with Crippen LogP contribution in [0.3, 0.4) is 0 Å². The van der Waals surface area contributed by atoms with Gasteiger partial charge in [-0.1, -0.05) is 81.7 Å². The van der Waals surface area contributed by atoms with Crippen LogP contribution in [0.15, 0.2) is 71.7 Å². The molecule has 0 fully saturated rings. The van der Waals surface area contributed by atoms with Gasteiger partial charge in [-0.15, -0.1) is 0 Å². The van der Waals surface area contributed by atoms with Gasteiger partial charge in [-0.05, 0) is 31.0 Å². The second kappa shape index (κ2) is 9.09. The molecule has 3 nitrogen and oxygen atoms in total. The SMILES string of the molecule is CCC/C=C/C1(CCCC)N=C(N(C)c2ccccc2)N(C)c2ccccc21. The highest BCUT2D eigenvalue weighted by Crippen LogP contribution is 2.43. The van der Waals surface area contributed by atoms with Crippen molar-refractivity contribution in [3.63, 3.8) is 0 Å². The molecule has 2 aromatic carbocycles. The van der Waals surface area contributed by atoms with Crippen molar-refractivity contribution in [3.8, 4) is 0 Å². The van der Waals surface area contributed by atoms with Crippen LogP contribution in [0, 0.1) is 0 Å². The zero-order valence-corrected chi connectivity index (χ0v) is 17.7.